The van der Waals surface area contributed by atoms with Crippen molar-refractivity contribution in [2.45, 2.75) is 37.6 Å². The number of hydrogen-bond acceptors (Lipinski definition) is 3. The van der Waals surface area contributed by atoms with E-state index in [2.05, 4.69) is 10.6 Å². The summed E-state index contributed by atoms with van der Waals surface area (Å²) < 4.78 is 13.3. The summed E-state index contributed by atoms with van der Waals surface area (Å²) >= 11 is 0. The van der Waals surface area contributed by atoms with Crippen LogP contribution in [0, 0.1) is 11.7 Å². The van der Waals surface area contributed by atoms with E-state index in [9.17, 15) is 14.0 Å². The lowest BCUT2D eigenvalue weighted by Gasteiger charge is -2.27. The summed E-state index contributed by atoms with van der Waals surface area (Å²) in [6.07, 6.45) is 3.08. The Balaban J connectivity index is 0.00000192. The van der Waals surface area contributed by atoms with E-state index in [0.717, 1.165) is 19.3 Å². The molecule has 1 aliphatic heterocycles. The van der Waals surface area contributed by atoms with Gasteiger partial charge in [-0.2, -0.15) is 0 Å². The van der Waals surface area contributed by atoms with E-state index in [1.165, 1.54) is 12.1 Å². The van der Waals surface area contributed by atoms with Gasteiger partial charge in [0.2, 0.25) is 11.8 Å². The molecule has 5 nitrogen and oxygen atoms in total. The smallest absolute Gasteiger partial charge is 0.228 e. The van der Waals surface area contributed by atoms with Crippen LogP contribution in [-0.2, 0) is 9.59 Å². The Bertz CT molecular complexity index is 611. The minimum atomic E-state index is -0.566. The van der Waals surface area contributed by atoms with Gasteiger partial charge in [0.15, 0.2) is 0 Å². The van der Waals surface area contributed by atoms with E-state index < -0.39 is 11.7 Å². The normalized spacial score (nSPS) is 26.0. The Kier molecular flexibility index (Phi) is 5.59. The average molecular weight is 342 g/mol. The lowest BCUT2D eigenvalue weighted by Crippen LogP contribution is -2.43. The van der Waals surface area contributed by atoms with E-state index in [1.54, 1.807) is 6.07 Å². The zero-order chi connectivity index (χ0) is 15.7. The quantitative estimate of drug-likeness (QED) is 0.785. The fourth-order valence-corrected chi connectivity index (χ4v) is 3.46. The fraction of sp³-hybridized carbons (Fsp3) is 0.500. The molecule has 3 unspecified atom stereocenters. The van der Waals surface area contributed by atoms with Crippen molar-refractivity contribution in [2.75, 3.05) is 11.9 Å². The molecule has 1 aliphatic carbocycles. The van der Waals surface area contributed by atoms with Gasteiger partial charge in [-0.3, -0.25) is 9.59 Å². The number of halogens is 2. The van der Waals surface area contributed by atoms with Crippen LogP contribution in [0.15, 0.2) is 18.2 Å². The molecule has 3 rings (SSSR count). The van der Waals surface area contributed by atoms with E-state index in [1.807, 2.05) is 0 Å². The van der Waals surface area contributed by atoms with Crippen molar-refractivity contribution in [3.8, 4) is 0 Å². The van der Waals surface area contributed by atoms with Crippen LogP contribution in [0.4, 0.5) is 10.1 Å². The Morgan fingerprint density at radius 2 is 2.17 bits per heavy atom. The molecule has 3 atom stereocenters. The largest absolute Gasteiger partial charge is 0.353 e. The topological polar surface area (TPSA) is 84.2 Å². The van der Waals surface area contributed by atoms with Crippen LogP contribution in [0.3, 0.4) is 0 Å². The first-order valence-corrected chi connectivity index (χ1v) is 7.68. The molecule has 7 heteroatoms. The molecule has 0 aromatic heterocycles. The lowest BCUT2D eigenvalue weighted by molar-refractivity contribution is -0.127. The molecule has 23 heavy (non-hydrogen) atoms. The van der Waals surface area contributed by atoms with Crippen LogP contribution < -0.4 is 16.4 Å². The second kappa shape index (κ2) is 7.27. The fourth-order valence-electron chi connectivity index (χ4n) is 3.46. The SMILES string of the molecule is Cl.NCC1CCCC1NC(=O)C1CC(=O)Nc2cc(F)ccc21. The van der Waals surface area contributed by atoms with Crippen molar-refractivity contribution in [3.63, 3.8) is 0 Å². The van der Waals surface area contributed by atoms with E-state index in [4.69, 9.17) is 5.73 Å². The first-order valence-electron chi connectivity index (χ1n) is 7.68. The lowest BCUT2D eigenvalue weighted by atomic mass is 9.89. The molecule has 2 amide bonds. The van der Waals surface area contributed by atoms with Gasteiger partial charge >= 0.3 is 0 Å². The predicted octanol–water partition coefficient (Wildman–Crippen LogP) is 1.92. The molecule has 0 radical (unpaired) electrons. The highest BCUT2D eigenvalue weighted by molar-refractivity contribution is 6.01. The van der Waals surface area contributed by atoms with Crippen molar-refractivity contribution in [3.05, 3.63) is 29.6 Å². The Labute approximate surface area is 140 Å². The van der Waals surface area contributed by atoms with Crippen molar-refractivity contribution in [1.82, 2.24) is 5.32 Å². The number of hydrogen-bond donors (Lipinski definition) is 3. The molecule has 0 saturated heterocycles. The van der Waals surface area contributed by atoms with Gasteiger partial charge in [-0.15, -0.1) is 12.4 Å². The van der Waals surface area contributed by atoms with E-state index in [-0.39, 0.29) is 36.7 Å². The standard InChI is InChI=1S/C16H20FN3O2.ClH/c17-10-4-5-11-12(7-15(21)19-14(11)6-10)16(22)20-13-3-1-2-9(13)8-18;/h4-6,9,12-13H,1-3,7-8,18H2,(H,19,21)(H,20,22);1H. The maximum atomic E-state index is 13.3. The van der Waals surface area contributed by atoms with Crippen LogP contribution in [0.2, 0.25) is 0 Å². The molecule has 1 saturated carbocycles. The number of carbonyl (C=O) groups excluding carboxylic acids is 2. The van der Waals surface area contributed by atoms with Gasteiger partial charge in [0.1, 0.15) is 5.82 Å². The molecule has 4 N–H and O–H groups in total. The van der Waals surface area contributed by atoms with E-state index >= 15 is 0 Å². The van der Waals surface area contributed by atoms with Crippen LogP contribution in [0.5, 0.6) is 0 Å². The molecule has 1 fully saturated rings. The molecule has 2 aliphatic rings. The molecule has 0 spiro atoms. The number of nitrogens with two attached hydrogens (primary N) is 1. The first kappa shape index (κ1) is 17.7. The van der Waals surface area contributed by atoms with Gasteiger partial charge < -0.3 is 16.4 Å². The number of rotatable bonds is 3. The maximum absolute atomic E-state index is 13.3. The summed E-state index contributed by atoms with van der Waals surface area (Å²) in [4.78, 5) is 24.4. The summed E-state index contributed by atoms with van der Waals surface area (Å²) in [6, 6.07) is 4.22. The number of fused-ring (bicyclic) bond motifs is 1. The minimum absolute atomic E-state index is 0. The second-order valence-corrected chi connectivity index (χ2v) is 6.08. The van der Waals surface area contributed by atoms with Gasteiger partial charge in [-0.25, -0.2) is 4.39 Å². The minimum Gasteiger partial charge on any atom is -0.353 e. The summed E-state index contributed by atoms with van der Waals surface area (Å²) in [5, 5.41) is 5.65. The molecule has 1 aromatic rings. The van der Waals surface area contributed by atoms with Crippen LogP contribution >= 0.6 is 12.4 Å². The zero-order valence-corrected chi connectivity index (χ0v) is 13.5. The molecule has 126 valence electrons. The van der Waals surface area contributed by atoms with Gasteiger partial charge in [-0.05, 0) is 43.0 Å². The molecular weight excluding hydrogens is 321 g/mol. The average Bonchev–Trinajstić information content (AvgIpc) is 2.93. The van der Waals surface area contributed by atoms with Gasteiger partial charge in [0.05, 0.1) is 5.92 Å². The Hall–Kier alpha value is -1.66. The maximum Gasteiger partial charge on any atom is 0.228 e. The van der Waals surface area contributed by atoms with Crippen LogP contribution in [-0.4, -0.2) is 24.4 Å². The summed E-state index contributed by atoms with van der Waals surface area (Å²) in [7, 11) is 0. The Morgan fingerprint density at radius 1 is 1.39 bits per heavy atom. The highest BCUT2D eigenvalue weighted by Gasteiger charge is 2.34. The second-order valence-electron chi connectivity index (χ2n) is 6.08. The Morgan fingerprint density at radius 3 is 2.91 bits per heavy atom. The highest BCUT2D eigenvalue weighted by Crippen LogP contribution is 2.34. The third-order valence-electron chi connectivity index (χ3n) is 4.66. The summed E-state index contributed by atoms with van der Waals surface area (Å²) in [6.45, 7) is 0.553. The summed E-state index contributed by atoms with van der Waals surface area (Å²) in [5.41, 5.74) is 6.79. The van der Waals surface area contributed by atoms with Crippen LogP contribution in [0.1, 0.15) is 37.2 Å². The molecule has 0 bridgehead atoms. The van der Waals surface area contributed by atoms with Crippen molar-refractivity contribution in [1.29, 1.82) is 0 Å². The first-order chi connectivity index (χ1) is 10.6. The zero-order valence-electron chi connectivity index (χ0n) is 12.7. The molecule has 1 heterocycles. The van der Waals surface area contributed by atoms with E-state index in [0.29, 0.717) is 23.7 Å². The highest BCUT2D eigenvalue weighted by atomic mass is 35.5. The molecule has 1 aromatic carbocycles. The number of nitrogens with one attached hydrogen (secondary N) is 2. The third-order valence-corrected chi connectivity index (χ3v) is 4.66. The van der Waals surface area contributed by atoms with Gasteiger partial charge in [-0.1, -0.05) is 12.5 Å². The number of carbonyl (C=O) groups is 2. The van der Waals surface area contributed by atoms with Gasteiger partial charge in [0.25, 0.3) is 0 Å². The monoisotopic (exact) mass is 341 g/mol. The third kappa shape index (κ3) is 3.64. The number of anilines is 1. The van der Waals surface area contributed by atoms with Crippen molar-refractivity contribution < 1.29 is 14.0 Å². The van der Waals surface area contributed by atoms with Crippen molar-refractivity contribution >= 4 is 29.9 Å². The van der Waals surface area contributed by atoms with Crippen LogP contribution in [0.25, 0.3) is 0 Å². The van der Waals surface area contributed by atoms with Gasteiger partial charge in [0, 0.05) is 18.2 Å². The number of benzene rings is 1. The predicted molar refractivity (Wildman–Crippen MR) is 88.0 cm³/mol. The molecular formula is C16H21ClFN3O2. The van der Waals surface area contributed by atoms with Crippen molar-refractivity contribution in [2.24, 2.45) is 11.7 Å². The number of amides is 2. The summed E-state index contributed by atoms with van der Waals surface area (Å²) in [5.74, 6) is -1.13.